The van der Waals surface area contributed by atoms with E-state index in [9.17, 15) is 9.18 Å². The minimum atomic E-state index is -0.425. The molecule has 6 heteroatoms. The van der Waals surface area contributed by atoms with E-state index in [0.29, 0.717) is 10.9 Å². The van der Waals surface area contributed by atoms with Crippen LogP contribution in [0.4, 0.5) is 4.39 Å². The fourth-order valence-corrected chi connectivity index (χ4v) is 4.85. The van der Waals surface area contributed by atoms with Crippen molar-refractivity contribution in [3.63, 3.8) is 0 Å². The number of carbonyl (C=O) groups is 1. The third-order valence-electron chi connectivity index (χ3n) is 5.89. The lowest BCUT2D eigenvalue weighted by Crippen LogP contribution is -2.71. The quantitative estimate of drug-likeness (QED) is 0.891. The number of piperidine rings is 1. The van der Waals surface area contributed by atoms with Crippen LogP contribution < -0.4 is 5.32 Å². The molecule has 136 valence electrons. The number of amides is 1. The van der Waals surface area contributed by atoms with E-state index in [1.807, 2.05) is 0 Å². The van der Waals surface area contributed by atoms with Crippen LogP contribution in [0.1, 0.15) is 31.2 Å². The Balaban J connectivity index is 1.44. The summed E-state index contributed by atoms with van der Waals surface area (Å²) < 4.78 is 19.8. The molecule has 4 nitrogen and oxygen atoms in total. The van der Waals surface area contributed by atoms with E-state index >= 15 is 0 Å². The summed E-state index contributed by atoms with van der Waals surface area (Å²) in [7, 11) is 0. The van der Waals surface area contributed by atoms with Gasteiger partial charge in [-0.3, -0.25) is 9.69 Å². The van der Waals surface area contributed by atoms with E-state index in [-0.39, 0.29) is 36.1 Å². The van der Waals surface area contributed by atoms with Crippen LogP contribution in [-0.2, 0) is 16.0 Å². The van der Waals surface area contributed by atoms with Gasteiger partial charge in [-0.1, -0.05) is 24.1 Å². The van der Waals surface area contributed by atoms with Crippen LogP contribution in [0.15, 0.2) is 18.2 Å². The van der Waals surface area contributed by atoms with Crippen molar-refractivity contribution in [2.45, 2.75) is 50.3 Å². The van der Waals surface area contributed by atoms with Gasteiger partial charge in [0.1, 0.15) is 5.82 Å². The average molecular weight is 367 g/mol. The van der Waals surface area contributed by atoms with Gasteiger partial charge in [-0.25, -0.2) is 4.39 Å². The van der Waals surface area contributed by atoms with Crippen molar-refractivity contribution in [3.8, 4) is 0 Å². The molecule has 0 aromatic heterocycles. The lowest BCUT2D eigenvalue weighted by molar-refractivity contribution is -0.129. The minimum absolute atomic E-state index is 0.0209. The average Bonchev–Trinajstić information content (AvgIpc) is 3.01. The molecule has 3 aliphatic rings. The highest BCUT2D eigenvalue weighted by molar-refractivity contribution is 6.31. The van der Waals surface area contributed by atoms with Crippen molar-refractivity contribution in [1.29, 1.82) is 0 Å². The third kappa shape index (κ3) is 3.29. The number of rotatable bonds is 4. The van der Waals surface area contributed by atoms with Crippen LogP contribution in [0.2, 0.25) is 5.02 Å². The van der Waals surface area contributed by atoms with E-state index in [1.165, 1.54) is 25.3 Å². The molecule has 4 rings (SSSR count). The Morgan fingerprint density at radius 1 is 1.32 bits per heavy atom. The van der Waals surface area contributed by atoms with Crippen molar-refractivity contribution >= 4 is 17.5 Å². The van der Waals surface area contributed by atoms with Gasteiger partial charge in [0.25, 0.3) is 0 Å². The van der Waals surface area contributed by atoms with Crippen molar-refractivity contribution in [3.05, 3.63) is 34.6 Å². The summed E-state index contributed by atoms with van der Waals surface area (Å²) in [4.78, 5) is 15.0. The minimum Gasteiger partial charge on any atom is -0.376 e. The maximum absolute atomic E-state index is 13.9. The molecule has 2 aliphatic heterocycles. The van der Waals surface area contributed by atoms with Gasteiger partial charge in [-0.2, -0.15) is 0 Å². The van der Waals surface area contributed by atoms with Gasteiger partial charge >= 0.3 is 0 Å². The number of halogens is 2. The predicted molar refractivity (Wildman–Crippen MR) is 94.1 cm³/mol. The van der Waals surface area contributed by atoms with Crippen molar-refractivity contribution in [2.75, 3.05) is 19.7 Å². The van der Waals surface area contributed by atoms with Crippen molar-refractivity contribution in [2.24, 2.45) is 5.92 Å². The van der Waals surface area contributed by atoms with E-state index in [4.69, 9.17) is 16.3 Å². The first-order valence-electron chi connectivity index (χ1n) is 9.23. The number of hydrogen-bond acceptors (Lipinski definition) is 3. The molecule has 0 unspecified atom stereocenters. The van der Waals surface area contributed by atoms with Gasteiger partial charge in [-0.15, -0.1) is 0 Å². The Hall–Kier alpha value is -1.17. The molecule has 4 atom stereocenters. The second kappa shape index (κ2) is 7.22. The number of nitrogens with zero attached hydrogens (tertiary/aromatic N) is 1. The van der Waals surface area contributed by atoms with Crippen molar-refractivity contribution in [1.82, 2.24) is 10.2 Å². The van der Waals surface area contributed by atoms with E-state index < -0.39 is 5.82 Å². The van der Waals surface area contributed by atoms with Crippen LogP contribution >= 0.6 is 11.6 Å². The first-order chi connectivity index (χ1) is 12.1. The molecular weight excluding hydrogens is 343 g/mol. The highest BCUT2D eigenvalue weighted by Gasteiger charge is 2.56. The van der Waals surface area contributed by atoms with Crippen LogP contribution in [0.25, 0.3) is 0 Å². The van der Waals surface area contributed by atoms with Gasteiger partial charge in [0.2, 0.25) is 5.91 Å². The largest absolute Gasteiger partial charge is 0.376 e. The Morgan fingerprint density at radius 3 is 2.88 bits per heavy atom. The van der Waals surface area contributed by atoms with Gasteiger partial charge in [0.15, 0.2) is 0 Å². The third-order valence-corrected chi connectivity index (χ3v) is 6.24. The van der Waals surface area contributed by atoms with Gasteiger partial charge in [0.05, 0.1) is 24.6 Å². The molecule has 2 heterocycles. The highest BCUT2D eigenvalue weighted by atomic mass is 35.5. The summed E-state index contributed by atoms with van der Waals surface area (Å²) in [5.41, 5.74) is 0.273. The number of benzene rings is 1. The zero-order valence-corrected chi connectivity index (χ0v) is 15.0. The second-order valence-electron chi connectivity index (χ2n) is 7.35. The van der Waals surface area contributed by atoms with E-state index in [0.717, 1.165) is 26.1 Å². The number of likely N-dealkylation sites (tertiary alicyclic amines) is 1. The molecular formula is C19H24ClFN2O2. The molecule has 1 aromatic rings. The summed E-state index contributed by atoms with van der Waals surface area (Å²) in [6.45, 7) is 2.91. The normalized spacial score (nSPS) is 32.1. The van der Waals surface area contributed by atoms with Gasteiger partial charge in [-0.05, 0) is 44.5 Å². The summed E-state index contributed by atoms with van der Waals surface area (Å²) in [5.74, 6) is -0.206. The molecule has 2 saturated heterocycles. The van der Waals surface area contributed by atoms with Crippen LogP contribution in [0, 0.1) is 11.7 Å². The molecule has 1 aliphatic carbocycles. The molecule has 3 fully saturated rings. The topological polar surface area (TPSA) is 41.6 Å². The Kier molecular flexibility index (Phi) is 4.98. The predicted octanol–water partition coefficient (Wildman–Crippen LogP) is 2.78. The summed E-state index contributed by atoms with van der Waals surface area (Å²) in [6, 6.07) is 4.87. The summed E-state index contributed by atoms with van der Waals surface area (Å²) in [6.07, 6.45) is 4.90. The lowest BCUT2D eigenvalue weighted by atomic mass is 9.70. The molecule has 1 amide bonds. The van der Waals surface area contributed by atoms with Crippen LogP contribution in [0.3, 0.4) is 0 Å². The highest BCUT2D eigenvalue weighted by Crippen LogP contribution is 2.42. The monoisotopic (exact) mass is 366 g/mol. The summed E-state index contributed by atoms with van der Waals surface area (Å²) in [5, 5.41) is 3.46. The zero-order valence-electron chi connectivity index (χ0n) is 14.2. The smallest absolute Gasteiger partial charge is 0.224 e. The maximum atomic E-state index is 13.9. The van der Waals surface area contributed by atoms with E-state index in [1.54, 1.807) is 12.1 Å². The van der Waals surface area contributed by atoms with Crippen LogP contribution in [0.5, 0.6) is 0 Å². The Bertz CT molecular complexity index is 630. The fraction of sp³-hybridized carbons (Fsp3) is 0.632. The van der Waals surface area contributed by atoms with E-state index in [2.05, 4.69) is 10.2 Å². The number of fused-ring (bicyclic) bond motifs is 1. The molecule has 0 bridgehead atoms. The van der Waals surface area contributed by atoms with Crippen LogP contribution in [-0.4, -0.2) is 48.7 Å². The lowest BCUT2D eigenvalue weighted by Gasteiger charge is -2.53. The SMILES string of the molecule is O=C(Cc1c(F)cccc1Cl)N[C@H]1[C@H]2CCO[C@H]2[C@@H]1N1CCCCC1. The number of hydrogen-bond donors (Lipinski definition) is 1. The number of carbonyl (C=O) groups excluding carboxylic acids is 1. The maximum Gasteiger partial charge on any atom is 0.224 e. The molecule has 0 radical (unpaired) electrons. The van der Waals surface area contributed by atoms with Gasteiger partial charge in [0, 0.05) is 23.1 Å². The summed E-state index contributed by atoms with van der Waals surface area (Å²) >= 11 is 6.05. The number of nitrogens with one attached hydrogen (secondary N) is 1. The molecule has 1 aromatic carbocycles. The Labute approximate surface area is 152 Å². The molecule has 1 N–H and O–H groups in total. The molecule has 1 saturated carbocycles. The van der Waals surface area contributed by atoms with Gasteiger partial charge < -0.3 is 10.1 Å². The second-order valence-corrected chi connectivity index (χ2v) is 7.75. The molecule has 25 heavy (non-hydrogen) atoms. The van der Waals surface area contributed by atoms with Crippen molar-refractivity contribution < 1.29 is 13.9 Å². The fourth-order valence-electron chi connectivity index (χ4n) is 4.62. The molecule has 0 spiro atoms. The number of ether oxygens (including phenoxy) is 1. The zero-order chi connectivity index (χ0) is 17.4. The first-order valence-corrected chi connectivity index (χ1v) is 9.61. The first kappa shape index (κ1) is 17.3. The standard InChI is InChI=1S/C19H24ClFN2O2/c20-14-5-4-6-15(21)13(14)11-16(24)22-17-12-7-10-25-19(12)18(17)23-8-2-1-3-9-23/h4-6,12,17-19H,1-3,7-11H2,(H,22,24)/t12-,17+,18-,19-/m1/s1. The Morgan fingerprint density at radius 2 is 2.12 bits per heavy atom.